The Balaban J connectivity index is 1.52. The number of aliphatic hydroxyl groups excluding tert-OH is 1. The summed E-state index contributed by atoms with van der Waals surface area (Å²) in [6.45, 7) is 3.21. The van der Waals surface area contributed by atoms with Crippen LogP contribution >= 0.6 is 0 Å². The van der Waals surface area contributed by atoms with E-state index in [0.29, 0.717) is 5.41 Å². The second-order valence-corrected chi connectivity index (χ2v) is 5.45. The summed E-state index contributed by atoms with van der Waals surface area (Å²) in [4.78, 5) is 2.39. The van der Waals surface area contributed by atoms with Crippen molar-refractivity contribution >= 4 is 0 Å². The Labute approximate surface area is 96.9 Å². The Morgan fingerprint density at radius 3 is 2.44 bits per heavy atom. The first kappa shape index (κ1) is 10.3. The Kier molecular flexibility index (Phi) is 2.49. The number of hydrogen-bond acceptors (Lipinski definition) is 2. The van der Waals surface area contributed by atoms with Crippen LogP contribution in [-0.4, -0.2) is 29.6 Å². The molecule has 86 valence electrons. The molecule has 1 saturated carbocycles. The van der Waals surface area contributed by atoms with Gasteiger partial charge in [-0.3, -0.25) is 4.90 Å². The van der Waals surface area contributed by atoms with Crippen molar-refractivity contribution in [1.82, 2.24) is 4.90 Å². The van der Waals surface area contributed by atoms with Gasteiger partial charge in [-0.15, -0.1) is 0 Å². The standard InChI is InChI=1S/C14H19NO/c16-13(12-5-2-1-3-6-12)9-15-10-14(11-15)7-4-8-14/h1-3,5-6,13,16H,4,7-11H2. The van der Waals surface area contributed by atoms with Crippen molar-refractivity contribution in [3.8, 4) is 0 Å². The van der Waals surface area contributed by atoms with Crippen LogP contribution < -0.4 is 0 Å². The molecule has 1 saturated heterocycles. The zero-order valence-electron chi connectivity index (χ0n) is 9.60. The number of benzene rings is 1. The van der Waals surface area contributed by atoms with Gasteiger partial charge in [0.2, 0.25) is 0 Å². The lowest BCUT2D eigenvalue weighted by Gasteiger charge is -2.56. The van der Waals surface area contributed by atoms with Crippen molar-refractivity contribution in [2.75, 3.05) is 19.6 Å². The largest absolute Gasteiger partial charge is 0.387 e. The molecule has 0 radical (unpaired) electrons. The van der Waals surface area contributed by atoms with Crippen LogP contribution in [-0.2, 0) is 0 Å². The quantitative estimate of drug-likeness (QED) is 0.839. The number of β-amino-alcohol motifs (C(OH)–C–C–N with tert-alkyl or cyclic N) is 1. The maximum atomic E-state index is 10.1. The number of nitrogens with zero attached hydrogens (tertiary/aromatic N) is 1. The van der Waals surface area contributed by atoms with Crippen molar-refractivity contribution in [1.29, 1.82) is 0 Å². The van der Waals surface area contributed by atoms with Gasteiger partial charge in [-0.25, -0.2) is 0 Å². The molecule has 1 aromatic carbocycles. The summed E-state index contributed by atoms with van der Waals surface area (Å²) < 4.78 is 0. The normalized spacial score (nSPS) is 24.8. The van der Waals surface area contributed by atoms with Crippen LogP contribution in [0.15, 0.2) is 30.3 Å². The van der Waals surface area contributed by atoms with Gasteiger partial charge in [0, 0.05) is 19.6 Å². The van der Waals surface area contributed by atoms with Crippen LogP contribution in [0.4, 0.5) is 0 Å². The number of aliphatic hydroxyl groups is 1. The average molecular weight is 217 g/mol. The number of hydrogen-bond donors (Lipinski definition) is 1. The molecule has 1 N–H and O–H groups in total. The summed E-state index contributed by atoms with van der Waals surface area (Å²) in [6.07, 6.45) is 3.91. The molecule has 1 aliphatic carbocycles. The minimum atomic E-state index is -0.321. The zero-order valence-corrected chi connectivity index (χ0v) is 9.60. The van der Waals surface area contributed by atoms with Gasteiger partial charge in [0.1, 0.15) is 0 Å². The fourth-order valence-electron chi connectivity index (χ4n) is 3.05. The summed E-state index contributed by atoms with van der Waals surface area (Å²) >= 11 is 0. The van der Waals surface area contributed by atoms with Crippen molar-refractivity contribution in [2.45, 2.75) is 25.4 Å². The fraction of sp³-hybridized carbons (Fsp3) is 0.571. The van der Waals surface area contributed by atoms with Crippen LogP contribution in [0, 0.1) is 5.41 Å². The second-order valence-electron chi connectivity index (χ2n) is 5.45. The average Bonchev–Trinajstić information content (AvgIpc) is 2.21. The molecule has 16 heavy (non-hydrogen) atoms. The van der Waals surface area contributed by atoms with Gasteiger partial charge in [-0.05, 0) is 23.8 Å². The van der Waals surface area contributed by atoms with Gasteiger partial charge in [0.15, 0.2) is 0 Å². The monoisotopic (exact) mass is 217 g/mol. The zero-order chi connectivity index (χ0) is 11.0. The second kappa shape index (κ2) is 3.86. The number of likely N-dealkylation sites (tertiary alicyclic amines) is 1. The molecule has 0 bridgehead atoms. The van der Waals surface area contributed by atoms with Crippen LogP contribution in [0.3, 0.4) is 0 Å². The first-order chi connectivity index (χ1) is 7.77. The van der Waals surface area contributed by atoms with Gasteiger partial charge < -0.3 is 5.11 Å². The maximum absolute atomic E-state index is 10.1. The molecule has 1 aliphatic heterocycles. The predicted molar refractivity (Wildman–Crippen MR) is 64.1 cm³/mol. The Morgan fingerprint density at radius 1 is 1.19 bits per heavy atom. The predicted octanol–water partition coefficient (Wildman–Crippen LogP) is 2.21. The highest BCUT2D eigenvalue weighted by Gasteiger charge is 2.47. The van der Waals surface area contributed by atoms with Crippen LogP contribution in [0.2, 0.25) is 0 Å². The molecule has 2 fully saturated rings. The van der Waals surface area contributed by atoms with E-state index in [2.05, 4.69) is 4.90 Å². The molecule has 1 aromatic rings. The minimum absolute atomic E-state index is 0.321. The van der Waals surface area contributed by atoms with E-state index in [4.69, 9.17) is 0 Å². The first-order valence-corrected chi connectivity index (χ1v) is 6.23. The van der Waals surface area contributed by atoms with E-state index in [1.54, 1.807) is 0 Å². The SMILES string of the molecule is OC(CN1CC2(CCC2)C1)c1ccccc1. The van der Waals surface area contributed by atoms with E-state index in [1.165, 1.54) is 32.4 Å². The van der Waals surface area contributed by atoms with E-state index >= 15 is 0 Å². The number of rotatable bonds is 3. The smallest absolute Gasteiger partial charge is 0.0916 e. The molecule has 2 nitrogen and oxygen atoms in total. The fourth-order valence-corrected chi connectivity index (χ4v) is 3.05. The maximum Gasteiger partial charge on any atom is 0.0916 e. The molecular weight excluding hydrogens is 198 g/mol. The molecule has 1 atom stereocenters. The Bertz CT molecular complexity index is 350. The third kappa shape index (κ3) is 1.76. The van der Waals surface area contributed by atoms with Crippen molar-refractivity contribution in [3.05, 3.63) is 35.9 Å². The highest BCUT2D eigenvalue weighted by Crippen LogP contribution is 2.48. The lowest BCUT2D eigenvalue weighted by Crippen LogP contribution is -2.60. The molecule has 0 aromatic heterocycles. The van der Waals surface area contributed by atoms with E-state index < -0.39 is 0 Å². The lowest BCUT2D eigenvalue weighted by molar-refractivity contribution is -0.0765. The first-order valence-electron chi connectivity index (χ1n) is 6.23. The Hall–Kier alpha value is -0.860. The summed E-state index contributed by atoms with van der Waals surface area (Å²) in [5.41, 5.74) is 1.70. The third-order valence-electron chi connectivity index (χ3n) is 4.15. The molecule has 2 heteroatoms. The molecule has 1 spiro atoms. The van der Waals surface area contributed by atoms with Gasteiger partial charge in [-0.2, -0.15) is 0 Å². The lowest BCUT2D eigenvalue weighted by atomic mass is 9.63. The van der Waals surface area contributed by atoms with Crippen molar-refractivity contribution in [2.24, 2.45) is 5.41 Å². The van der Waals surface area contributed by atoms with Crippen LogP contribution in [0.1, 0.15) is 30.9 Å². The summed E-state index contributed by atoms with van der Waals surface area (Å²) in [7, 11) is 0. The molecule has 0 amide bonds. The van der Waals surface area contributed by atoms with E-state index in [0.717, 1.165) is 12.1 Å². The molecular formula is C14H19NO. The van der Waals surface area contributed by atoms with Crippen molar-refractivity contribution < 1.29 is 5.11 Å². The summed E-state index contributed by atoms with van der Waals surface area (Å²) in [6, 6.07) is 9.97. The highest BCUT2D eigenvalue weighted by molar-refractivity contribution is 5.18. The van der Waals surface area contributed by atoms with E-state index in [1.807, 2.05) is 30.3 Å². The van der Waals surface area contributed by atoms with Crippen LogP contribution in [0.5, 0.6) is 0 Å². The van der Waals surface area contributed by atoms with Crippen molar-refractivity contribution in [3.63, 3.8) is 0 Å². The van der Waals surface area contributed by atoms with Gasteiger partial charge in [-0.1, -0.05) is 36.8 Å². The van der Waals surface area contributed by atoms with Gasteiger partial charge in [0.05, 0.1) is 6.10 Å². The third-order valence-corrected chi connectivity index (χ3v) is 4.15. The van der Waals surface area contributed by atoms with E-state index in [9.17, 15) is 5.11 Å². The molecule has 1 heterocycles. The van der Waals surface area contributed by atoms with E-state index in [-0.39, 0.29) is 6.10 Å². The Morgan fingerprint density at radius 2 is 1.88 bits per heavy atom. The molecule has 3 rings (SSSR count). The molecule has 2 aliphatic rings. The van der Waals surface area contributed by atoms with Gasteiger partial charge in [0.25, 0.3) is 0 Å². The summed E-state index contributed by atoms with van der Waals surface area (Å²) in [5, 5.41) is 10.1. The minimum Gasteiger partial charge on any atom is -0.387 e. The van der Waals surface area contributed by atoms with Crippen LogP contribution in [0.25, 0.3) is 0 Å². The molecule has 1 unspecified atom stereocenters. The topological polar surface area (TPSA) is 23.5 Å². The van der Waals surface area contributed by atoms with Gasteiger partial charge >= 0.3 is 0 Å². The summed E-state index contributed by atoms with van der Waals surface area (Å²) in [5.74, 6) is 0. The highest BCUT2D eigenvalue weighted by atomic mass is 16.3.